The number of amides is 2. The zero-order chi connectivity index (χ0) is 27.0. The fraction of sp³-hybridized carbons (Fsp3) is 0.310. The zero-order valence-corrected chi connectivity index (χ0v) is 22.7. The van der Waals surface area contributed by atoms with Crippen LogP contribution < -0.4 is 9.62 Å². The van der Waals surface area contributed by atoms with E-state index in [0.29, 0.717) is 18.5 Å². The smallest absolute Gasteiger partial charge is 0.264 e. The number of hydrogen-bond donors (Lipinski definition) is 1. The molecule has 0 aromatic heterocycles. The van der Waals surface area contributed by atoms with Crippen LogP contribution in [0.3, 0.4) is 0 Å². The second-order valence-electron chi connectivity index (χ2n) is 8.90. The van der Waals surface area contributed by atoms with E-state index in [0.717, 1.165) is 16.7 Å². The van der Waals surface area contributed by atoms with E-state index in [2.05, 4.69) is 5.32 Å². The van der Waals surface area contributed by atoms with E-state index in [-0.39, 0.29) is 17.3 Å². The number of benzene rings is 3. The van der Waals surface area contributed by atoms with Gasteiger partial charge in [0.05, 0.1) is 10.6 Å². The highest BCUT2D eigenvalue weighted by molar-refractivity contribution is 7.92. The van der Waals surface area contributed by atoms with E-state index >= 15 is 0 Å². The summed E-state index contributed by atoms with van der Waals surface area (Å²) in [6.07, 6.45) is 0.935. The summed E-state index contributed by atoms with van der Waals surface area (Å²) in [5.74, 6) is -0.722. The summed E-state index contributed by atoms with van der Waals surface area (Å²) in [5, 5.41) is 2.64. The summed E-state index contributed by atoms with van der Waals surface area (Å²) in [4.78, 5) is 28.2. The van der Waals surface area contributed by atoms with Gasteiger partial charge in [0, 0.05) is 13.6 Å². The van der Waals surface area contributed by atoms with Gasteiger partial charge in [-0.05, 0) is 61.6 Å². The Kier molecular flexibility index (Phi) is 9.47. The zero-order valence-electron chi connectivity index (χ0n) is 21.8. The predicted octanol–water partition coefficient (Wildman–Crippen LogP) is 4.09. The molecule has 2 amide bonds. The summed E-state index contributed by atoms with van der Waals surface area (Å²) >= 11 is 0. The third-order valence-corrected chi connectivity index (χ3v) is 8.35. The number of nitrogens with zero attached hydrogens (tertiary/aromatic N) is 2. The van der Waals surface area contributed by atoms with Gasteiger partial charge in [-0.3, -0.25) is 13.9 Å². The van der Waals surface area contributed by atoms with Gasteiger partial charge in [-0.2, -0.15) is 0 Å². The van der Waals surface area contributed by atoms with Crippen molar-refractivity contribution in [1.29, 1.82) is 0 Å². The van der Waals surface area contributed by atoms with Crippen molar-refractivity contribution in [2.75, 3.05) is 24.4 Å². The number of carbonyl (C=O) groups is 2. The topological polar surface area (TPSA) is 86.8 Å². The number of carbonyl (C=O) groups excluding carboxylic acids is 2. The molecule has 0 aliphatic heterocycles. The van der Waals surface area contributed by atoms with Crippen LogP contribution in [0.5, 0.6) is 0 Å². The molecule has 0 saturated heterocycles. The number of hydrogen-bond acceptors (Lipinski definition) is 4. The summed E-state index contributed by atoms with van der Waals surface area (Å²) < 4.78 is 28.8. The first-order chi connectivity index (χ1) is 17.7. The van der Waals surface area contributed by atoms with Crippen molar-refractivity contribution in [2.45, 2.75) is 44.6 Å². The Balaban J connectivity index is 2.03. The van der Waals surface area contributed by atoms with Crippen molar-refractivity contribution in [3.63, 3.8) is 0 Å². The third kappa shape index (κ3) is 6.57. The summed E-state index contributed by atoms with van der Waals surface area (Å²) in [5.41, 5.74) is 3.14. The molecule has 0 heterocycles. The lowest BCUT2D eigenvalue weighted by molar-refractivity contribution is -0.139. The van der Waals surface area contributed by atoms with Crippen molar-refractivity contribution in [3.05, 3.63) is 95.6 Å². The SMILES string of the molecule is CCC(C(=O)NC)N(CCc1ccccc1)C(=O)CN(c1cccc(C)c1C)S(=O)(=O)c1ccccc1. The highest BCUT2D eigenvalue weighted by Crippen LogP contribution is 2.29. The van der Waals surface area contributed by atoms with Gasteiger partial charge in [0.1, 0.15) is 12.6 Å². The standard InChI is InChI=1S/C29H35N3O4S/c1-5-26(29(34)30-4)31(20-19-24-14-8-6-9-15-24)28(33)21-32(27-18-12-13-22(2)23(27)3)37(35,36)25-16-10-7-11-17-25/h6-18,26H,5,19-21H2,1-4H3,(H,30,34). The van der Waals surface area contributed by atoms with Crippen molar-refractivity contribution in [3.8, 4) is 0 Å². The van der Waals surface area contributed by atoms with Crippen LogP contribution >= 0.6 is 0 Å². The van der Waals surface area contributed by atoms with Gasteiger partial charge in [-0.25, -0.2) is 8.42 Å². The number of anilines is 1. The molecule has 0 aliphatic rings. The number of rotatable bonds is 11. The second kappa shape index (κ2) is 12.5. The maximum Gasteiger partial charge on any atom is 0.264 e. The highest BCUT2D eigenvalue weighted by Gasteiger charge is 2.33. The predicted molar refractivity (Wildman–Crippen MR) is 147 cm³/mol. The highest BCUT2D eigenvalue weighted by atomic mass is 32.2. The molecular formula is C29H35N3O4S. The lowest BCUT2D eigenvalue weighted by atomic mass is 10.1. The maximum absolute atomic E-state index is 13.9. The van der Waals surface area contributed by atoms with Gasteiger partial charge in [0.15, 0.2) is 0 Å². The van der Waals surface area contributed by atoms with Gasteiger partial charge >= 0.3 is 0 Å². The molecule has 196 valence electrons. The Morgan fingerprint density at radius 3 is 2.11 bits per heavy atom. The molecule has 0 spiro atoms. The minimum atomic E-state index is -4.06. The van der Waals surface area contributed by atoms with Crippen LogP contribution in [0.2, 0.25) is 0 Å². The first-order valence-electron chi connectivity index (χ1n) is 12.4. The van der Waals surface area contributed by atoms with Gasteiger partial charge in [-0.15, -0.1) is 0 Å². The van der Waals surface area contributed by atoms with Gasteiger partial charge in [0.25, 0.3) is 10.0 Å². The molecule has 0 fully saturated rings. The lowest BCUT2D eigenvalue weighted by Crippen LogP contribution is -2.52. The normalized spacial score (nSPS) is 12.0. The van der Waals surface area contributed by atoms with Crippen LogP contribution in [0.25, 0.3) is 0 Å². The van der Waals surface area contributed by atoms with Gasteiger partial charge < -0.3 is 10.2 Å². The van der Waals surface area contributed by atoms with E-state index in [1.165, 1.54) is 28.4 Å². The quantitative estimate of drug-likeness (QED) is 0.412. The first-order valence-corrected chi connectivity index (χ1v) is 13.8. The van der Waals surface area contributed by atoms with Crippen LogP contribution in [0, 0.1) is 13.8 Å². The van der Waals surface area contributed by atoms with Gasteiger partial charge in [0.2, 0.25) is 11.8 Å². The van der Waals surface area contributed by atoms with E-state index in [1.54, 1.807) is 30.3 Å². The van der Waals surface area contributed by atoms with Crippen molar-refractivity contribution >= 4 is 27.5 Å². The Bertz CT molecular complexity index is 1310. The lowest BCUT2D eigenvalue weighted by Gasteiger charge is -2.33. The third-order valence-electron chi connectivity index (χ3n) is 6.57. The molecule has 0 radical (unpaired) electrons. The summed E-state index contributed by atoms with van der Waals surface area (Å²) in [6.45, 7) is 5.44. The Labute approximate surface area is 220 Å². The molecule has 7 nitrogen and oxygen atoms in total. The number of sulfonamides is 1. The van der Waals surface area contributed by atoms with Crippen LogP contribution in [0.15, 0.2) is 83.8 Å². The van der Waals surface area contributed by atoms with E-state index in [1.807, 2.05) is 57.2 Å². The second-order valence-corrected chi connectivity index (χ2v) is 10.8. The Morgan fingerprint density at radius 2 is 1.51 bits per heavy atom. The molecule has 1 N–H and O–H groups in total. The Morgan fingerprint density at radius 1 is 0.892 bits per heavy atom. The van der Waals surface area contributed by atoms with Crippen molar-refractivity contribution in [2.24, 2.45) is 0 Å². The molecule has 3 rings (SSSR count). The van der Waals surface area contributed by atoms with E-state index < -0.39 is 28.5 Å². The monoisotopic (exact) mass is 521 g/mol. The first kappa shape index (κ1) is 27.9. The van der Waals surface area contributed by atoms with Crippen LogP contribution in [0.4, 0.5) is 5.69 Å². The van der Waals surface area contributed by atoms with Crippen molar-refractivity contribution in [1.82, 2.24) is 10.2 Å². The number of likely N-dealkylation sites (N-methyl/N-ethyl adjacent to an activating group) is 1. The molecule has 1 unspecified atom stereocenters. The molecular weight excluding hydrogens is 486 g/mol. The van der Waals surface area contributed by atoms with E-state index in [4.69, 9.17) is 0 Å². The van der Waals surface area contributed by atoms with Gasteiger partial charge in [-0.1, -0.05) is 67.6 Å². The fourth-order valence-electron chi connectivity index (χ4n) is 4.30. The summed E-state index contributed by atoms with van der Waals surface area (Å²) in [6, 6.07) is 22.4. The van der Waals surface area contributed by atoms with Crippen LogP contribution in [-0.4, -0.2) is 51.3 Å². The van der Waals surface area contributed by atoms with E-state index in [9.17, 15) is 18.0 Å². The molecule has 1 atom stereocenters. The van der Waals surface area contributed by atoms with Crippen LogP contribution in [-0.2, 0) is 26.0 Å². The molecule has 3 aromatic carbocycles. The number of nitrogens with one attached hydrogen (secondary N) is 1. The van der Waals surface area contributed by atoms with Crippen LogP contribution in [0.1, 0.15) is 30.0 Å². The molecule has 0 aliphatic carbocycles. The average Bonchev–Trinajstić information content (AvgIpc) is 2.92. The molecule has 8 heteroatoms. The molecule has 37 heavy (non-hydrogen) atoms. The minimum Gasteiger partial charge on any atom is -0.357 e. The Hall–Kier alpha value is -3.65. The number of aryl methyl sites for hydroxylation is 1. The maximum atomic E-state index is 13.9. The average molecular weight is 522 g/mol. The van der Waals surface area contributed by atoms with Crippen molar-refractivity contribution < 1.29 is 18.0 Å². The largest absolute Gasteiger partial charge is 0.357 e. The molecule has 0 saturated carbocycles. The fourth-order valence-corrected chi connectivity index (χ4v) is 5.79. The molecule has 3 aromatic rings. The minimum absolute atomic E-state index is 0.0953. The summed E-state index contributed by atoms with van der Waals surface area (Å²) in [7, 11) is -2.53. The molecule has 0 bridgehead atoms.